The number of hydrogen-bond donors (Lipinski definition) is 0. The molecular weight excluding hydrogens is 176 g/mol. The number of rotatable bonds is 4. The van der Waals surface area contributed by atoms with E-state index in [1.54, 1.807) is 0 Å². The second-order valence-corrected chi connectivity index (χ2v) is 5.24. The molecule has 14 heavy (non-hydrogen) atoms. The van der Waals surface area contributed by atoms with Crippen molar-refractivity contribution in [1.82, 2.24) is 0 Å². The molecule has 0 spiro atoms. The van der Waals surface area contributed by atoms with Crippen LogP contribution >= 0.6 is 0 Å². The average molecular weight is 198 g/mol. The van der Waals surface area contributed by atoms with Crippen LogP contribution in [-0.4, -0.2) is 18.5 Å². The standard InChI is InChI=1S/C12H22O2/c1-8-4-11(5-8)13-10(3)14-12-6-9(2)7-12/h8-12H,4-7H2,1-3H3. The van der Waals surface area contributed by atoms with Gasteiger partial charge in [-0.3, -0.25) is 0 Å². The van der Waals surface area contributed by atoms with Gasteiger partial charge in [0, 0.05) is 0 Å². The predicted octanol–water partition coefficient (Wildman–Crippen LogP) is 2.96. The Morgan fingerprint density at radius 2 is 1.21 bits per heavy atom. The minimum absolute atomic E-state index is 0.00463. The Labute approximate surface area is 87.0 Å². The van der Waals surface area contributed by atoms with Crippen LogP contribution in [0.1, 0.15) is 46.5 Å². The van der Waals surface area contributed by atoms with Gasteiger partial charge < -0.3 is 9.47 Å². The molecular formula is C12H22O2. The monoisotopic (exact) mass is 198 g/mol. The lowest BCUT2D eigenvalue weighted by Gasteiger charge is -2.38. The Balaban J connectivity index is 1.57. The lowest BCUT2D eigenvalue weighted by Crippen LogP contribution is -2.37. The Bertz CT molecular complexity index is 161. The van der Waals surface area contributed by atoms with E-state index in [4.69, 9.17) is 9.47 Å². The first-order chi connectivity index (χ1) is 6.63. The summed E-state index contributed by atoms with van der Waals surface area (Å²) in [6, 6.07) is 0. The average Bonchev–Trinajstić information content (AvgIpc) is 1.98. The van der Waals surface area contributed by atoms with Gasteiger partial charge in [-0.2, -0.15) is 0 Å². The second-order valence-electron chi connectivity index (χ2n) is 5.24. The van der Waals surface area contributed by atoms with Crippen molar-refractivity contribution in [3.05, 3.63) is 0 Å². The lowest BCUT2D eigenvalue weighted by molar-refractivity contribution is -0.221. The van der Waals surface area contributed by atoms with Gasteiger partial charge in [-0.1, -0.05) is 13.8 Å². The van der Waals surface area contributed by atoms with Gasteiger partial charge in [0.05, 0.1) is 12.2 Å². The molecule has 0 radical (unpaired) electrons. The first-order valence-corrected chi connectivity index (χ1v) is 5.94. The molecule has 0 aromatic carbocycles. The highest BCUT2D eigenvalue weighted by Gasteiger charge is 2.31. The summed E-state index contributed by atoms with van der Waals surface area (Å²) in [4.78, 5) is 0. The van der Waals surface area contributed by atoms with Crippen molar-refractivity contribution in [2.24, 2.45) is 11.8 Å². The van der Waals surface area contributed by atoms with Gasteiger partial charge in [-0.15, -0.1) is 0 Å². The van der Waals surface area contributed by atoms with Crippen molar-refractivity contribution in [2.45, 2.75) is 65.0 Å². The summed E-state index contributed by atoms with van der Waals surface area (Å²) in [7, 11) is 0. The zero-order valence-corrected chi connectivity index (χ0v) is 9.53. The van der Waals surface area contributed by atoms with E-state index in [9.17, 15) is 0 Å². The topological polar surface area (TPSA) is 18.5 Å². The highest BCUT2D eigenvalue weighted by atomic mass is 16.7. The normalized spacial score (nSPS) is 43.9. The molecule has 2 heteroatoms. The Hall–Kier alpha value is -0.0800. The van der Waals surface area contributed by atoms with Gasteiger partial charge in [0.1, 0.15) is 0 Å². The molecule has 0 aliphatic heterocycles. The SMILES string of the molecule is CC1CC(OC(C)OC2CC(C)C2)C1. The summed E-state index contributed by atoms with van der Waals surface area (Å²) in [5.74, 6) is 1.71. The first kappa shape index (κ1) is 10.4. The van der Waals surface area contributed by atoms with Crippen LogP contribution in [0.5, 0.6) is 0 Å². The van der Waals surface area contributed by atoms with Crippen molar-refractivity contribution >= 4 is 0 Å². The quantitative estimate of drug-likeness (QED) is 0.647. The molecule has 0 N–H and O–H groups in total. The van der Waals surface area contributed by atoms with E-state index in [2.05, 4.69) is 13.8 Å². The van der Waals surface area contributed by atoms with Crippen LogP contribution in [0.4, 0.5) is 0 Å². The maximum atomic E-state index is 5.78. The van der Waals surface area contributed by atoms with Crippen molar-refractivity contribution in [2.75, 3.05) is 0 Å². The Morgan fingerprint density at radius 1 is 0.857 bits per heavy atom. The van der Waals surface area contributed by atoms with Gasteiger partial charge >= 0.3 is 0 Å². The maximum Gasteiger partial charge on any atom is 0.155 e. The zero-order valence-electron chi connectivity index (χ0n) is 9.53. The van der Waals surface area contributed by atoms with Crippen LogP contribution in [0.15, 0.2) is 0 Å². The van der Waals surface area contributed by atoms with Gasteiger partial charge in [-0.05, 0) is 44.4 Å². The van der Waals surface area contributed by atoms with Gasteiger partial charge in [-0.25, -0.2) is 0 Å². The van der Waals surface area contributed by atoms with Crippen LogP contribution in [-0.2, 0) is 9.47 Å². The largest absolute Gasteiger partial charge is 0.350 e. The Kier molecular flexibility index (Phi) is 3.13. The van der Waals surface area contributed by atoms with Crippen molar-refractivity contribution < 1.29 is 9.47 Å². The van der Waals surface area contributed by atoms with Crippen LogP contribution in [0.3, 0.4) is 0 Å². The molecule has 0 unspecified atom stereocenters. The summed E-state index contributed by atoms with van der Waals surface area (Å²) in [6.45, 7) is 6.59. The predicted molar refractivity (Wildman–Crippen MR) is 56.0 cm³/mol. The molecule has 2 fully saturated rings. The first-order valence-electron chi connectivity index (χ1n) is 5.94. The molecule has 2 nitrogen and oxygen atoms in total. The summed E-state index contributed by atoms with van der Waals surface area (Å²) >= 11 is 0. The summed E-state index contributed by atoms with van der Waals surface area (Å²) in [5.41, 5.74) is 0. The van der Waals surface area contributed by atoms with E-state index in [0.717, 1.165) is 11.8 Å². The molecule has 2 saturated carbocycles. The minimum atomic E-state index is 0.00463. The number of ether oxygens (including phenoxy) is 2. The third-order valence-corrected chi connectivity index (χ3v) is 3.43. The molecule has 0 heterocycles. The fraction of sp³-hybridized carbons (Fsp3) is 1.00. The van der Waals surface area contributed by atoms with Crippen LogP contribution in [0, 0.1) is 11.8 Å². The third kappa shape index (κ3) is 2.48. The van der Waals surface area contributed by atoms with Gasteiger partial charge in [0.25, 0.3) is 0 Å². The molecule has 0 aromatic heterocycles. The van der Waals surface area contributed by atoms with Gasteiger partial charge in [0.15, 0.2) is 6.29 Å². The minimum Gasteiger partial charge on any atom is -0.350 e. The van der Waals surface area contributed by atoms with E-state index in [1.165, 1.54) is 25.7 Å². The third-order valence-electron chi connectivity index (χ3n) is 3.43. The highest BCUT2D eigenvalue weighted by molar-refractivity contribution is 4.79. The molecule has 0 amide bonds. The van der Waals surface area contributed by atoms with Crippen molar-refractivity contribution in [1.29, 1.82) is 0 Å². The second kappa shape index (κ2) is 4.19. The van der Waals surface area contributed by atoms with Crippen LogP contribution in [0.2, 0.25) is 0 Å². The fourth-order valence-corrected chi connectivity index (χ4v) is 2.45. The molecule has 2 aliphatic carbocycles. The van der Waals surface area contributed by atoms with Gasteiger partial charge in [0.2, 0.25) is 0 Å². The van der Waals surface area contributed by atoms with Crippen molar-refractivity contribution in [3.8, 4) is 0 Å². The van der Waals surface area contributed by atoms with Crippen LogP contribution in [0.25, 0.3) is 0 Å². The summed E-state index contributed by atoms with van der Waals surface area (Å²) in [5, 5.41) is 0. The van der Waals surface area contributed by atoms with E-state index in [0.29, 0.717) is 12.2 Å². The van der Waals surface area contributed by atoms with E-state index in [-0.39, 0.29) is 6.29 Å². The fourth-order valence-electron chi connectivity index (χ4n) is 2.45. The van der Waals surface area contributed by atoms with E-state index in [1.807, 2.05) is 6.92 Å². The molecule has 0 atom stereocenters. The molecule has 2 aliphatic rings. The molecule has 82 valence electrons. The highest BCUT2D eigenvalue weighted by Crippen LogP contribution is 2.33. The van der Waals surface area contributed by atoms with E-state index >= 15 is 0 Å². The van der Waals surface area contributed by atoms with Crippen LogP contribution < -0.4 is 0 Å². The lowest BCUT2D eigenvalue weighted by atomic mass is 9.84. The molecule has 0 saturated heterocycles. The zero-order chi connectivity index (χ0) is 10.1. The molecule has 0 aromatic rings. The number of hydrogen-bond acceptors (Lipinski definition) is 2. The summed E-state index contributed by atoms with van der Waals surface area (Å²) < 4.78 is 11.6. The van der Waals surface area contributed by atoms with Crippen molar-refractivity contribution in [3.63, 3.8) is 0 Å². The molecule has 0 bridgehead atoms. The van der Waals surface area contributed by atoms with E-state index < -0.39 is 0 Å². The maximum absolute atomic E-state index is 5.78. The molecule has 2 rings (SSSR count). The smallest absolute Gasteiger partial charge is 0.155 e. The Morgan fingerprint density at radius 3 is 1.50 bits per heavy atom. The summed E-state index contributed by atoms with van der Waals surface area (Å²) in [6.07, 6.45) is 5.81.